The van der Waals surface area contributed by atoms with Crippen molar-refractivity contribution >= 4 is 12.0 Å². The van der Waals surface area contributed by atoms with E-state index in [2.05, 4.69) is 19.2 Å². The molecule has 21 heavy (non-hydrogen) atoms. The molecule has 0 radical (unpaired) electrons. The monoisotopic (exact) mass is 300 g/mol. The third kappa shape index (κ3) is 5.53. The molecular formula is C15H28N2O4. The molecule has 0 spiro atoms. The fraction of sp³-hybridized carbons (Fsp3) is 0.867. The number of carboxylic acids is 1. The number of urea groups is 1. The zero-order valence-corrected chi connectivity index (χ0v) is 13.2. The van der Waals surface area contributed by atoms with Crippen LogP contribution in [-0.4, -0.2) is 52.9 Å². The number of amides is 2. The highest BCUT2D eigenvalue weighted by atomic mass is 16.4. The van der Waals surface area contributed by atoms with Gasteiger partial charge in [-0.2, -0.15) is 0 Å². The fourth-order valence-electron chi connectivity index (χ4n) is 2.83. The van der Waals surface area contributed by atoms with Gasteiger partial charge in [0.05, 0.1) is 18.6 Å². The summed E-state index contributed by atoms with van der Waals surface area (Å²) in [6.45, 7) is 4.07. The van der Waals surface area contributed by atoms with Gasteiger partial charge in [0.15, 0.2) is 0 Å². The summed E-state index contributed by atoms with van der Waals surface area (Å²) in [6.07, 6.45) is 3.38. The van der Waals surface area contributed by atoms with Crippen LogP contribution in [0.1, 0.15) is 46.0 Å². The highest BCUT2D eigenvalue weighted by Gasteiger charge is 2.28. The minimum Gasteiger partial charge on any atom is -0.481 e. The van der Waals surface area contributed by atoms with E-state index in [-0.39, 0.29) is 30.6 Å². The van der Waals surface area contributed by atoms with Crippen molar-refractivity contribution in [2.24, 2.45) is 11.8 Å². The van der Waals surface area contributed by atoms with Gasteiger partial charge in [-0.3, -0.25) is 4.79 Å². The number of aliphatic carboxylic acids is 1. The second kappa shape index (κ2) is 8.22. The Balaban J connectivity index is 2.44. The molecule has 0 saturated heterocycles. The van der Waals surface area contributed by atoms with Crippen LogP contribution in [0.15, 0.2) is 0 Å². The molecular weight excluding hydrogens is 272 g/mol. The topological polar surface area (TPSA) is 89.9 Å². The maximum Gasteiger partial charge on any atom is 0.317 e. The molecule has 0 aromatic rings. The molecule has 0 aliphatic heterocycles. The van der Waals surface area contributed by atoms with E-state index >= 15 is 0 Å². The molecule has 2 amide bonds. The molecule has 0 aromatic carbocycles. The lowest BCUT2D eigenvalue weighted by Gasteiger charge is -2.32. The second-order valence-electron chi connectivity index (χ2n) is 6.41. The van der Waals surface area contributed by atoms with Crippen molar-refractivity contribution in [3.63, 3.8) is 0 Å². The lowest BCUT2D eigenvalue weighted by molar-refractivity contribution is -0.142. The molecule has 0 heterocycles. The van der Waals surface area contributed by atoms with E-state index < -0.39 is 5.97 Å². The van der Waals surface area contributed by atoms with Gasteiger partial charge in [0.1, 0.15) is 0 Å². The maximum atomic E-state index is 12.2. The summed E-state index contributed by atoms with van der Waals surface area (Å²) in [5.74, 6) is -0.611. The van der Waals surface area contributed by atoms with Crippen LogP contribution >= 0.6 is 0 Å². The molecule has 1 fully saturated rings. The number of carboxylic acid groups (broad SMARTS) is 1. The highest BCUT2D eigenvalue weighted by molar-refractivity contribution is 5.74. The molecule has 1 unspecified atom stereocenters. The minimum absolute atomic E-state index is 0.0361. The Labute approximate surface area is 126 Å². The van der Waals surface area contributed by atoms with E-state index in [1.807, 2.05) is 0 Å². The predicted octanol–water partition coefficient (Wildman–Crippen LogP) is 1.68. The van der Waals surface area contributed by atoms with Gasteiger partial charge in [-0.05, 0) is 38.0 Å². The van der Waals surface area contributed by atoms with Crippen molar-refractivity contribution < 1.29 is 19.8 Å². The molecule has 6 heteroatoms. The summed E-state index contributed by atoms with van der Waals surface area (Å²) in [4.78, 5) is 24.7. The average molecular weight is 300 g/mol. The van der Waals surface area contributed by atoms with Crippen LogP contribution in [0, 0.1) is 11.8 Å². The normalized spacial score (nSPS) is 23.7. The van der Waals surface area contributed by atoms with Gasteiger partial charge in [0.25, 0.3) is 0 Å². The van der Waals surface area contributed by atoms with Crippen LogP contribution < -0.4 is 5.32 Å². The van der Waals surface area contributed by atoms with Crippen molar-refractivity contribution in [3.8, 4) is 0 Å². The summed E-state index contributed by atoms with van der Waals surface area (Å²) in [7, 11) is 1.70. The van der Waals surface area contributed by atoms with E-state index in [0.29, 0.717) is 31.6 Å². The Kier molecular flexibility index (Phi) is 6.95. The Hall–Kier alpha value is -1.30. The molecule has 6 nitrogen and oxygen atoms in total. The van der Waals surface area contributed by atoms with Crippen molar-refractivity contribution in [2.75, 3.05) is 13.7 Å². The van der Waals surface area contributed by atoms with Gasteiger partial charge in [0, 0.05) is 13.1 Å². The Morgan fingerprint density at radius 1 is 1.24 bits per heavy atom. The number of nitrogens with zero attached hydrogens (tertiary/aromatic N) is 1. The van der Waals surface area contributed by atoms with Gasteiger partial charge < -0.3 is 20.4 Å². The molecule has 1 aliphatic rings. The van der Waals surface area contributed by atoms with Crippen LogP contribution in [0.2, 0.25) is 0 Å². The largest absolute Gasteiger partial charge is 0.481 e. The third-order valence-electron chi connectivity index (χ3n) is 4.23. The number of carbonyl (C=O) groups is 2. The van der Waals surface area contributed by atoms with Crippen LogP contribution in [0.25, 0.3) is 0 Å². The Morgan fingerprint density at radius 2 is 1.81 bits per heavy atom. The van der Waals surface area contributed by atoms with Crippen LogP contribution in [-0.2, 0) is 4.79 Å². The number of hydrogen-bond acceptors (Lipinski definition) is 3. The average Bonchev–Trinajstić information content (AvgIpc) is 2.44. The zero-order valence-electron chi connectivity index (χ0n) is 13.2. The predicted molar refractivity (Wildman–Crippen MR) is 80.0 cm³/mol. The molecule has 1 aliphatic carbocycles. The molecule has 3 N–H and O–H groups in total. The number of aliphatic hydroxyl groups is 1. The van der Waals surface area contributed by atoms with Crippen LogP contribution in [0.3, 0.4) is 0 Å². The summed E-state index contributed by atoms with van der Waals surface area (Å²) in [5.41, 5.74) is 0. The summed E-state index contributed by atoms with van der Waals surface area (Å²) >= 11 is 0. The number of aliphatic hydroxyl groups excluding tert-OH is 1. The van der Waals surface area contributed by atoms with Crippen molar-refractivity contribution in [1.29, 1.82) is 0 Å². The quantitative estimate of drug-likeness (QED) is 0.696. The third-order valence-corrected chi connectivity index (χ3v) is 4.23. The second-order valence-corrected chi connectivity index (χ2v) is 6.41. The van der Waals surface area contributed by atoms with Crippen molar-refractivity contribution in [3.05, 3.63) is 0 Å². The SMILES string of the molecule is CC(C)CC(CO)N(C)C(=O)NC1CCC(C(=O)O)CC1. The molecule has 0 bridgehead atoms. The first-order valence-corrected chi connectivity index (χ1v) is 7.72. The number of hydrogen-bond donors (Lipinski definition) is 3. The van der Waals surface area contributed by atoms with Gasteiger partial charge in [-0.15, -0.1) is 0 Å². The minimum atomic E-state index is -0.742. The van der Waals surface area contributed by atoms with E-state index in [9.17, 15) is 14.7 Å². The summed E-state index contributed by atoms with van der Waals surface area (Å²) in [5, 5.41) is 21.3. The highest BCUT2D eigenvalue weighted by Crippen LogP contribution is 2.24. The summed E-state index contributed by atoms with van der Waals surface area (Å²) in [6, 6.07) is -0.331. The first-order chi connectivity index (χ1) is 9.85. The van der Waals surface area contributed by atoms with Gasteiger partial charge in [0.2, 0.25) is 0 Å². The van der Waals surface area contributed by atoms with Crippen LogP contribution in [0.5, 0.6) is 0 Å². The lowest BCUT2D eigenvalue weighted by Crippen LogP contribution is -2.49. The van der Waals surface area contributed by atoms with Gasteiger partial charge in [-0.1, -0.05) is 13.8 Å². The molecule has 0 aromatic heterocycles. The smallest absolute Gasteiger partial charge is 0.317 e. The number of nitrogens with one attached hydrogen (secondary N) is 1. The Morgan fingerprint density at radius 3 is 2.24 bits per heavy atom. The first-order valence-electron chi connectivity index (χ1n) is 7.72. The molecule has 1 saturated carbocycles. The standard InChI is InChI=1S/C15H28N2O4/c1-10(2)8-13(9-18)17(3)15(21)16-12-6-4-11(5-7-12)14(19)20/h10-13,18H,4-9H2,1-3H3,(H,16,21)(H,19,20). The van der Waals surface area contributed by atoms with E-state index in [1.54, 1.807) is 11.9 Å². The fourth-order valence-corrected chi connectivity index (χ4v) is 2.83. The van der Waals surface area contributed by atoms with Crippen LogP contribution in [0.4, 0.5) is 4.79 Å². The maximum absolute atomic E-state index is 12.2. The van der Waals surface area contributed by atoms with Crippen molar-refractivity contribution in [2.45, 2.75) is 58.0 Å². The van der Waals surface area contributed by atoms with E-state index in [1.165, 1.54) is 0 Å². The summed E-state index contributed by atoms with van der Waals surface area (Å²) < 4.78 is 0. The van der Waals surface area contributed by atoms with Gasteiger partial charge in [-0.25, -0.2) is 4.79 Å². The van der Waals surface area contributed by atoms with Gasteiger partial charge >= 0.3 is 12.0 Å². The number of carbonyl (C=O) groups excluding carboxylic acids is 1. The molecule has 1 rings (SSSR count). The van der Waals surface area contributed by atoms with E-state index in [0.717, 1.165) is 6.42 Å². The first kappa shape index (κ1) is 17.8. The van der Waals surface area contributed by atoms with E-state index in [4.69, 9.17) is 5.11 Å². The number of likely N-dealkylation sites (N-methyl/N-ethyl adjacent to an activating group) is 1. The number of rotatable bonds is 6. The molecule has 1 atom stereocenters. The lowest BCUT2D eigenvalue weighted by atomic mass is 9.86. The zero-order chi connectivity index (χ0) is 16.0. The van der Waals surface area contributed by atoms with Crippen molar-refractivity contribution in [1.82, 2.24) is 10.2 Å². The molecule has 122 valence electrons. The Bertz CT molecular complexity index is 352.